The van der Waals surface area contributed by atoms with Crippen LogP contribution in [0.3, 0.4) is 0 Å². The van der Waals surface area contributed by atoms with Gasteiger partial charge in [-0.3, -0.25) is 0 Å². The Morgan fingerprint density at radius 1 is 1.25 bits per heavy atom. The molecule has 0 radical (unpaired) electrons. The SMILES string of the molecule is C=C1CC[C@@H]2[C@](C)(CO)[C@H](O)CC[C@@]2(C)[C@@H]1C/C=C1/C(=O)OC[C@@H]1Oc1cccc2ccc(C)nc12. The Bertz CT molecular complexity index is 1220. The molecule has 6 heteroatoms. The first-order valence-electron chi connectivity index (χ1n) is 13.0. The van der Waals surface area contributed by atoms with Crippen LogP contribution in [0.2, 0.25) is 0 Å². The molecule has 1 saturated heterocycles. The van der Waals surface area contributed by atoms with Gasteiger partial charge in [-0.25, -0.2) is 9.78 Å². The summed E-state index contributed by atoms with van der Waals surface area (Å²) in [5.41, 5.74) is 2.75. The van der Waals surface area contributed by atoms with Gasteiger partial charge < -0.3 is 19.7 Å². The largest absolute Gasteiger partial charge is 0.480 e. The maximum Gasteiger partial charge on any atom is 0.337 e. The number of cyclic esters (lactones) is 1. The highest BCUT2D eigenvalue weighted by molar-refractivity contribution is 5.92. The van der Waals surface area contributed by atoms with Crippen molar-refractivity contribution >= 4 is 16.9 Å². The number of fused-ring (bicyclic) bond motifs is 2. The summed E-state index contributed by atoms with van der Waals surface area (Å²) >= 11 is 0. The average Bonchev–Trinajstić information content (AvgIpc) is 3.20. The highest BCUT2D eigenvalue weighted by Crippen LogP contribution is 2.61. The van der Waals surface area contributed by atoms with Crippen LogP contribution in [0.25, 0.3) is 10.9 Å². The molecular weight excluding hydrogens is 454 g/mol. The fourth-order valence-electron chi connectivity index (χ4n) is 7.11. The fourth-order valence-corrected chi connectivity index (χ4v) is 7.11. The minimum absolute atomic E-state index is 0.0323. The number of ether oxygens (including phenoxy) is 2. The molecule has 1 aliphatic heterocycles. The summed E-state index contributed by atoms with van der Waals surface area (Å²) in [6.07, 6.45) is 4.93. The first-order chi connectivity index (χ1) is 17.2. The van der Waals surface area contributed by atoms with E-state index in [2.05, 4.69) is 18.5 Å². The van der Waals surface area contributed by atoms with Gasteiger partial charge in [-0.05, 0) is 68.4 Å². The van der Waals surface area contributed by atoms with Crippen LogP contribution in [0.15, 0.2) is 54.1 Å². The molecule has 1 aromatic heterocycles. The number of aromatic nitrogens is 1. The van der Waals surface area contributed by atoms with E-state index < -0.39 is 17.6 Å². The second-order valence-electron chi connectivity index (χ2n) is 11.4. The van der Waals surface area contributed by atoms with Crippen molar-refractivity contribution in [2.45, 2.75) is 65.1 Å². The van der Waals surface area contributed by atoms with Crippen molar-refractivity contribution in [2.24, 2.45) is 22.7 Å². The number of aliphatic hydroxyl groups excluding tert-OH is 2. The average molecular weight is 492 g/mol. The lowest BCUT2D eigenvalue weighted by Gasteiger charge is -2.59. The fraction of sp³-hybridized carbons (Fsp3) is 0.533. The molecule has 36 heavy (non-hydrogen) atoms. The van der Waals surface area contributed by atoms with Crippen molar-refractivity contribution in [2.75, 3.05) is 13.2 Å². The van der Waals surface area contributed by atoms with Crippen LogP contribution in [0.4, 0.5) is 0 Å². The lowest BCUT2D eigenvalue weighted by Crippen LogP contribution is -2.57. The van der Waals surface area contributed by atoms with Gasteiger partial charge in [-0.15, -0.1) is 0 Å². The molecule has 0 spiro atoms. The summed E-state index contributed by atoms with van der Waals surface area (Å²) in [5.74, 6) is 0.629. The number of nitrogens with zero attached hydrogens (tertiary/aromatic N) is 1. The Hall–Kier alpha value is -2.70. The van der Waals surface area contributed by atoms with Crippen molar-refractivity contribution in [1.82, 2.24) is 4.98 Å². The Kier molecular flexibility index (Phi) is 6.46. The zero-order valence-corrected chi connectivity index (χ0v) is 21.5. The van der Waals surface area contributed by atoms with Crippen molar-refractivity contribution in [3.8, 4) is 5.75 Å². The standard InChI is InChI=1S/C30H37NO5/c1-18-8-13-25-29(3,15-14-26(33)30(25,4)17-32)22(18)12-11-21-24(16-35-28(21)34)36-23-7-5-6-20-10-9-19(2)31-27(20)23/h5-7,9-11,22,24-26,32-33H,1,8,12-17H2,2-4H3/b21-11+/t22-,24+,25+,26-,29+,30+/m1/s1. The monoisotopic (exact) mass is 491 g/mol. The zero-order chi connectivity index (χ0) is 25.7. The lowest BCUT2D eigenvalue weighted by atomic mass is 9.46. The highest BCUT2D eigenvalue weighted by Gasteiger charge is 2.57. The van der Waals surface area contributed by atoms with Crippen molar-refractivity contribution in [3.05, 3.63) is 59.8 Å². The van der Waals surface area contributed by atoms with Crippen LogP contribution in [0.1, 0.15) is 51.6 Å². The third kappa shape index (κ3) is 4.04. The van der Waals surface area contributed by atoms with Gasteiger partial charge >= 0.3 is 5.97 Å². The van der Waals surface area contributed by atoms with Crippen LogP contribution in [0, 0.1) is 29.6 Å². The number of aryl methyl sites for hydroxylation is 1. The smallest absolute Gasteiger partial charge is 0.337 e. The van der Waals surface area contributed by atoms with Crippen LogP contribution >= 0.6 is 0 Å². The van der Waals surface area contributed by atoms with Gasteiger partial charge in [0.05, 0.1) is 18.3 Å². The summed E-state index contributed by atoms with van der Waals surface area (Å²) in [7, 11) is 0. The maximum absolute atomic E-state index is 12.7. The molecule has 3 aliphatic rings. The second-order valence-corrected chi connectivity index (χ2v) is 11.4. The molecule has 2 saturated carbocycles. The van der Waals surface area contributed by atoms with Gasteiger partial charge in [0, 0.05) is 16.5 Å². The van der Waals surface area contributed by atoms with E-state index in [-0.39, 0.29) is 36.4 Å². The highest BCUT2D eigenvalue weighted by atomic mass is 16.6. The molecule has 2 aliphatic carbocycles. The number of aliphatic hydroxyl groups is 2. The molecule has 2 aromatic rings. The van der Waals surface area contributed by atoms with Gasteiger partial charge in [0.15, 0.2) is 6.10 Å². The number of carbonyl (C=O) groups is 1. The van der Waals surface area contributed by atoms with Gasteiger partial charge in [-0.1, -0.05) is 50.3 Å². The number of rotatable bonds is 5. The molecule has 2 N–H and O–H groups in total. The van der Waals surface area contributed by atoms with Gasteiger partial charge in [-0.2, -0.15) is 0 Å². The molecule has 6 nitrogen and oxygen atoms in total. The van der Waals surface area contributed by atoms with Gasteiger partial charge in [0.2, 0.25) is 0 Å². The molecular formula is C30H37NO5. The van der Waals surface area contributed by atoms with Gasteiger partial charge in [0.25, 0.3) is 0 Å². The van der Waals surface area contributed by atoms with Crippen molar-refractivity contribution in [1.29, 1.82) is 0 Å². The van der Waals surface area contributed by atoms with E-state index in [1.807, 2.05) is 50.3 Å². The number of carbonyl (C=O) groups excluding carboxylic acids is 1. The summed E-state index contributed by atoms with van der Waals surface area (Å²) in [5, 5.41) is 22.0. The van der Waals surface area contributed by atoms with Crippen molar-refractivity contribution in [3.63, 3.8) is 0 Å². The van der Waals surface area contributed by atoms with E-state index in [1.165, 1.54) is 5.57 Å². The molecule has 1 aromatic carbocycles. The normalized spacial score (nSPS) is 35.6. The number of pyridine rings is 1. The molecule has 6 atom stereocenters. The Morgan fingerprint density at radius 3 is 2.83 bits per heavy atom. The molecule has 5 rings (SSSR count). The third-order valence-electron chi connectivity index (χ3n) is 9.31. The Balaban J connectivity index is 1.41. The Morgan fingerprint density at radius 2 is 2.06 bits per heavy atom. The first-order valence-corrected chi connectivity index (χ1v) is 13.0. The quantitative estimate of drug-likeness (QED) is 0.351. The third-order valence-corrected chi connectivity index (χ3v) is 9.31. The van der Waals surface area contributed by atoms with Crippen LogP contribution in [-0.4, -0.2) is 46.6 Å². The van der Waals surface area contributed by atoms with Crippen molar-refractivity contribution < 1.29 is 24.5 Å². The first kappa shape index (κ1) is 25.0. The predicted octanol–water partition coefficient (Wildman–Crippen LogP) is 4.91. The number of esters is 1. The minimum Gasteiger partial charge on any atom is -0.480 e. The van der Waals surface area contributed by atoms with Gasteiger partial charge in [0.1, 0.15) is 17.9 Å². The molecule has 0 amide bonds. The minimum atomic E-state index is -0.531. The second kappa shape index (κ2) is 9.31. The number of hydrogen-bond donors (Lipinski definition) is 2. The summed E-state index contributed by atoms with van der Waals surface area (Å²) < 4.78 is 11.7. The van der Waals surface area contributed by atoms with E-state index in [9.17, 15) is 15.0 Å². The maximum atomic E-state index is 12.7. The van der Waals surface area contributed by atoms with E-state index in [0.29, 0.717) is 24.2 Å². The van der Waals surface area contributed by atoms with E-state index >= 15 is 0 Å². The molecule has 0 unspecified atom stereocenters. The zero-order valence-electron chi connectivity index (χ0n) is 21.5. The van der Waals surface area contributed by atoms with E-state index in [1.54, 1.807) is 0 Å². The molecule has 192 valence electrons. The summed E-state index contributed by atoms with van der Waals surface area (Å²) in [6, 6.07) is 9.79. The number of para-hydroxylation sites is 1. The lowest BCUT2D eigenvalue weighted by molar-refractivity contribution is -0.151. The summed E-state index contributed by atoms with van der Waals surface area (Å²) in [4.78, 5) is 17.4. The number of benzene rings is 1. The van der Waals surface area contributed by atoms with Crippen LogP contribution in [-0.2, 0) is 9.53 Å². The molecule has 2 heterocycles. The van der Waals surface area contributed by atoms with Crippen LogP contribution in [0.5, 0.6) is 5.75 Å². The number of allylic oxidation sites excluding steroid dienone is 2. The van der Waals surface area contributed by atoms with E-state index in [4.69, 9.17) is 9.47 Å². The molecule has 0 bridgehead atoms. The predicted molar refractivity (Wildman–Crippen MR) is 138 cm³/mol. The number of hydrogen-bond acceptors (Lipinski definition) is 6. The summed E-state index contributed by atoms with van der Waals surface area (Å²) in [6.45, 7) is 10.8. The van der Waals surface area contributed by atoms with E-state index in [0.717, 1.165) is 35.9 Å². The topological polar surface area (TPSA) is 88.9 Å². The van der Waals surface area contributed by atoms with Crippen LogP contribution < -0.4 is 4.74 Å². The molecule has 3 fully saturated rings. The Labute approximate surface area is 213 Å².